The van der Waals surface area contributed by atoms with Crippen molar-refractivity contribution in [1.29, 1.82) is 0 Å². The van der Waals surface area contributed by atoms with Gasteiger partial charge in [0.15, 0.2) is 5.82 Å². The molecular weight excluding hydrogens is 204 g/mol. The van der Waals surface area contributed by atoms with Gasteiger partial charge in [0.2, 0.25) is 0 Å². The highest BCUT2D eigenvalue weighted by Gasteiger charge is 2.14. The zero-order valence-electron chi connectivity index (χ0n) is 9.57. The van der Waals surface area contributed by atoms with Crippen LogP contribution in [0.3, 0.4) is 0 Å². The Morgan fingerprint density at radius 1 is 1.69 bits per heavy atom. The molecule has 2 N–H and O–H groups in total. The molecule has 5 heteroatoms. The lowest BCUT2D eigenvalue weighted by Crippen LogP contribution is -2.26. The standard InChI is InChI=1S/C11H18N4O/c1-2-15-6-5-13-10(11(15)16)14-8-9-3-4-12-7-9/h5-6,9,12H,2-4,7-8H2,1H3,(H,13,14). The summed E-state index contributed by atoms with van der Waals surface area (Å²) in [7, 11) is 0. The molecule has 16 heavy (non-hydrogen) atoms. The highest BCUT2D eigenvalue weighted by Crippen LogP contribution is 2.07. The van der Waals surface area contributed by atoms with Gasteiger partial charge in [-0.05, 0) is 32.4 Å². The Labute approximate surface area is 94.9 Å². The van der Waals surface area contributed by atoms with E-state index in [1.54, 1.807) is 17.0 Å². The van der Waals surface area contributed by atoms with Crippen LogP contribution in [0.5, 0.6) is 0 Å². The molecule has 1 fully saturated rings. The van der Waals surface area contributed by atoms with Crippen molar-refractivity contribution >= 4 is 5.82 Å². The summed E-state index contributed by atoms with van der Waals surface area (Å²) in [5.74, 6) is 1.08. The van der Waals surface area contributed by atoms with Crippen molar-refractivity contribution in [2.24, 2.45) is 5.92 Å². The molecule has 5 nitrogen and oxygen atoms in total. The average molecular weight is 222 g/mol. The van der Waals surface area contributed by atoms with E-state index < -0.39 is 0 Å². The Kier molecular flexibility index (Phi) is 3.56. The smallest absolute Gasteiger partial charge is 0.293 e. The molecule has 1 unspecified atom stereocenters. The van der Waals surface area contributed by atoms with Crippen LogP contribution in [0.2, 0.25) is 0 Å². The molecule has 0 saturated carbocycles. The van der Waals surface area contributed by atoms with Gasteiger partial charge in [-0.1, -0.05) is 0 Å². The van der Waals surface area contributed by atoms with Crippen LogP contribution in [0.15, 0.2) is 17.2 Å². The first-order valence-corrected chi connectivity index (χ1v) is 5.81. The van der Waals surface area contributed by atoms with Gasteiger partial charge >= 0.3 is 0 Å². The van der Waals surface area contributed by atoms with Crippen LogP contribution in [-0.4, -0.2) is 29.2 Å². The third-order valence-electron chi connectivity index (χ3n) is 2.97. The second-order valence-electron chi connectivity index (χ2n) is 4.11. The minimum atomic E-state index is -0.0315. The minimum Gasteiger partial charge on any atom is -0.365 e. The molecule has 88 valence electrons. The Balaban J connectivity index is 2.00. The van der Waals surface area contributed by atoms with Gasteiger partial charge in [-0.2, -0.15) is 0 Å². The van der Waals surface area contributed by atoms with Crippen molar-refractivity contribution in [3.8, 4) is 0 Å². The summed E-state index contributed by atoms with van der Waals surface area (Å²) in [4.78, 5) is 15.9. The molecule has 1 aromatic rings. The van der Waals surface area contributed by atoms with E-state index in [0.717, 1.165) is 19.6 Å². The molecule has 0 aliphatic carbocycles. The zero-order valence-corrected chi connectivity index (χ0v) is 9.57. The maximum atomic E-state index is 11.8. The van der Waals surface area contributed by atoms with Crippen molar-refractivity contribution < 1.29 is 0 Å². The Hall–Kier alpha value is -1.36. The molecule has 1 aliphatic rings. The van der Waals surface area contributed by atoms with E-state index in [9.17, 15) is 4.79 Å². The summed E-state index contributed by atoms with van der Waals surface area (Å²) in [6.07, 6.45) is 4.55. The van der Waals surface area contributed by atoms with Gasteiger partial charge in [-0.3, -0.25) is 4.79 Å². The van der Waals surface area contributed by atoms with Crippen molar-refractivity contribution in [3.05, 3.63) is 22.7 Å². The Morgan fingerprint density at radius 3 is 3.25 bits per heavy atom. The van der Waals surface area contributed by atoms with Crippen LogP contribution >= 0.6 is 0 Å². The normalized spacial score (nSPS) is 19.9. The highest BCUT2D eigenvalue weighted by molar-refractivity contribution is 5.30. The van der Waals surface area contributed by atoms with Crippen LogP contribution in [-0.2, 0) is 6.54 Å². The molecule has 0 bridgehead atoms. The molecular formula is C11H18N4O. The predicted molar refractivity (Wildman–Crippen MR) is 63.6 cm³/mol. The summed E-state index contributed by atoms with van der Waals surface area (Å²) in [6, 6.07) is 0. The van der Waals surface area contributed by atoms with Gasteiger partial charge in [-0.25, -0.2) is 4.98 Å². The lowest BCUT2D eigenvalue weighted by molar-refractivity contribution is 0.612. The molecule has 1 aliphatic heterocycles. The van der Waals surface area contributed by atoms with E-state index in [2.05, 4.69) is 15.6 Å². The zero-order chi connectivity index (χ0) is 11.4. The fraction of sp³-hybridized carbons (Fsp3) is 0.636. The first kappa shape index (κ1) is 11.1. The first-order valence-electron chi connectivity index (χ1n) is 5.81. The third kappa shape index (κ3) is 2.41. The van der Waals surface area contributed by atoms with E-state index in [1.807, 2.05) is 6.92 Å². The second-order valence-corrected chi connectivity index (χ2v) is 4.11. The Morgan fingerprint density at radius 2 is 2.56 bits per heavy atom. The van der Waals surface area contributed by atoms with Crippen LogP contribution in [0, 0.1) is 5.92 Å². The lowest BCUT2D eigenvalue weighted by atomic mass is 10.1. The number of aryl methyl sites for hydroxylation is 1. The number of nitrogens with one attached hydrogen (secondary N) is 2. The van der Waals surface area contributed by atoms with Gasteiger partial charge in [0.25, 0.3) is 5.56 Å². The molecule has 0 radical (unpaired) electrons. The highest BCUT2D eigenvalue weighted by atomic mass is 16.1. The van der Waals surface area contributed by atoms with Gasteiger partial charge < -0.3 is 15.2 Å². The fourth-order valence-electron chi connectivity index (χ4n) is 1.95. The van der Waals surface area contributed by atoms with E-state index in [4.69, 9.17) is 0 Å². The van der Waals surface area contributed by atoms with Gasteiger partial charge in [0, 0.05) is 25.5 Å². The summed E-state index contributed by atoms with van der Waals surface area (Å²) in [5, 5.41) is 6.45. The van der Waals surface area contributed by atoms with E-state index in [0.29, 0.717) is 18.3 Å². The molecule has 1 atom stereocenters. The number of anilines is 1. The number of hydrogen-bond acceptors (Lipinski definition) is 4. The topological polar surface area (TPSA) is 59.0 Å². The molecule has 0 aromatic carbocycles. The summed E-state index contributed by atoms with van der Waals surface area (Å²) in [5.41, 5.74) is -0.0315. The minimum absolute atomic E-state index is 0.0315. The average Bonchev–Trinajstić information content (AvgIpc) is 2.81. The maximum Gasteiger partial charge on any atom is 0.293 e. The van der Waals surface area contributed by atoms with Crippen molar-refractivity contribution in [2.45, 2.75) is 19.9 Å². The number of aromatic nitrogens is 2. The van der Waals surface area contributed by atoms with E-state index >= 15 is 0 Å². The van der Waals surface area contributed by atoms with Crippen molar-refractivity contribution in [3.63, 3.8) is 0 Å². The summed E-state index contributed by atoms with van der Waals surface area (Å²) in [6.45, 7) is 5.56. The van der Waals surface area contributed by atoms with E-state index in [-0.39, 0.29) is 5.56 Å². The lowest BCUT2D eigenvalue weighted by Gasteiger charge is -2.10. The number of hydrogen-bond donors (Lipinski definition) is 2. The third-order valence-corrected chi connectivity index (χ3v) is 2.97. The predicted octanol–water partition coefficient (Wildman–Crippen LogP) is 0.285. The number of nitrogens with zero attached hydrogens (tertiary/aromatic N) is 2. The maximum absolute atomic E-state index is 11.8. The van der Waals surface area contributed by atoms with Gasteiger partial charge in [0.1, 0.15) is 0 Å². The van der Waals surface area contributed by atoms with Gasteiger partial charge in [-0.15, -0.1) is 0 Å². The molecule has 2 heterocycles. The quantitative estimate of drug-likeness (QED) is 0.768. The van der Waals surface area contributed by atoms with Crippen molar-refractivity contribution in [1.82, 2.24) is 14.9 Å². The summed E-state index contributed by atoms with van der Waals surface area (Å²) < 4.78 is 1.65. The fourth-order valence-corrected chi connectivity index (χ4v) is 1.95. The first-order chi connectivity index (χ1) is 7.81. The number of rotatable bonds is 4. The second kappa shape index (κ2) is 5.12. The van der Waals surface area contributed by atoms with Crippen molar-refractivity contribution in [2.75, 3.05) is 25.0 Å². The van der Waals surface area contributed by atoms with Crippen LogP contribution in [0.4, 0.5) is 5.82 Å². The SMILES string of the molecule is CCn1ccnc(NCC2CCNC2)c1=O. The molecule has 0 amide bonds. The molecule has 2 rings (SSSR count). The largest absolute Gasteiger partial charge is 0.365 e. The molecule has 1 saturated heterocycles. The van der Waals surface area contributed by atoms with Crippen LogP contribution < -0.4 is 16.2 Å². The molecule has 0 spiro atoms. The summed E-state index contributed by atoms with van der Waals surface area (Å²) >= 11 is 0. The van der Waals surface area contributed by atoms with Crippen LogP contribution in [0.1, 0.15) is 13.3 Å². The Bertz CT molecular complexity index is 395. The van der Waals surface area contributed by atoms with Gasteiger partial charge in [0.05, 0.1) is 0 Å². The molecule has 1 aromatic heterocycles. The van der Waals surface area contributed by atoms with Crippen LogP contribution in [0.25, 0.3) is 0 Å². The van der Waals surface area contributed by atoms with E-state index in [1.165, 1.54) is 6.42 Å². The monoisotopic (exact) mass is 222 g/mol.